The topological polar surface area (TPSA) is 6.48 Å². The zero-order valence-electron chi connectivity index (χ0n) is 50.6. The van der Waals surface area contributed by atoms with Gasteiger partial charge in [-0.25, -0.2) is 0 Å². The van der Waals surface area contributed by atoms with E-state index in [1.165, 1.54) is 155 Å². The smallest absolute Gasteiger partial charge is 0.0520 e. The Hall–Kier alpha value is -10.8. The number of aryl methyl sites for hydroxylation is 6. The Morgan fingerprint density at radius 1 is 0.182 bits per heavy atom. The van der Waals surface area contributed by atoms with Crippen LogP contribution in [-0.2, 0) is 0 Å². The second-order valence-electron chi connectivity index (χ2n) is 23.8. The molecular weight excluding hydrogens is 1060 g/mol. The lowest BCUT2D eigenvalue weighted by molar-refractivity contribution is 1.20. The Balaban J connectivity index is 1.07. The maximum Gasteiger partial charge on any atom is 0.0520 e. The van der Waals surface area contributed by atoms with Gasteiger partial charge in [-0.3, -0.25) is 0 Å². The molecule has 0 N–H and O–H groups in total. The summed E-state index contributed by atoms with van der Waals surface area (Å²) in [6, 6.07) is 108. The average Bonchev–Trinajstić information content (AvgIpc) is 0.673. The Morgan fingerprint density at radius 2 is 0.455 bits per heavy atom. The van der Waals surface area contributed by atoms with Crippen LogP contribution in [0.1, 0.15) is 33.4 Å². The first kappa shape index (κ1) is 53.9. The van der Waals surface area contributed by atoms with E-state index in [-0.39, 0.29) is 0 Å². The Bertz CT molecular complexity index is 4620. The van der Waals surface area contributed by atoms with E-state index in [0.29, 0.717) is 0 Å². The summed E-state index contributed by atoms with van der Waals surface area (Å²) in [5.41, 5.74) is 33.7. The van der Waals surface area contributed by atoms with Crippen molar-refractivity contribution in [3.63, 3.8) is 0 Å². The first-order valence-electron chi connectivity index (χ1n) is 30.7. The van der Waals surface area contributed by atoms with Crippen molar-refractivity contribution in [2.45, 2.75) is 41.5 Å². The molecule has 1 aliphatic carbocycles. The summed E-state index contributed by atoms with van der Waals surface area (Å²) >= 11 is 0. The van der Waals surface area contributed by atoms with Crippen LogP contribution >= 0.6 is 0 Å². The quantitative estimate of drug-likeness (QED) is 0.120. The summed E-state index contributed by atoms with van der Waals surface area (Å²) < 4.78 is 0. The fourth-order valence-electron chi connectivity index (χ4n) is 14.2. The van der Waals surface area contributed by atoms with Crippen molar-refractivity contribution < 1.29 is 0 Å². The van der Waals surface area contributed by atoms with E-state index in [4.69, 9.17) is 0 Å². The van der Waals surface area contributed by atoms with E-state index in [1.54, 1.807) is 0 Å². The molecular formula is C86H66N2. The van der Waals surface area contributed by atoms with E-state index in [9.17, 15) is 0 Å². The van der Waals surface area contributed by atoms with Crippen molar-refractivity contribution in [3.8, 4) is 89.0 Å². The molecule has 0 aromatic heterocycles. The van der Waals surface area contributed by atoms with Gasteiger partial charge in [0.05, 0.1) is 11.4 Å². The Morgan fingerprint density at radius 3 is 0.750 bits per heavy atom. The third-order valence-electron chi connectivity index (χ3n) is 18.3. The number of fused-ring (bicyclic) bond motifs is 6. The summed E-state index contributed by atoms with van der Waals surface area (Å²) in [5.74, 6) is 0. The van der Waals surface area contributed by atoms with E-state index in [2.05, 4.69) is 343 Å². The fraction of sp³-hybridized carbons (Fsp3) is 0.0698. The van der Waals surface area contributed by atoms with Crippen LogP contribution in [0.25, 0.3) is 111 Å². The standard InChI is InChI=1S/C86H66N2/c1-55-43-45-67(61-31-13-7-14-32-61)51-75(55)87(85-57(3)27-25-28-58(85)4)69-47-49-71-73(53-69)79(65-39-21-11-22-40-65)83-81(77(71)63-35-17-9-18-36-63)84-80(66-41-23-12-24-42-66)74-54-70(48-50-72(74)78(82(83)84)64-37-19-10-20-38-64)88(86-59(5)29-26-30-60(86)6)76-52-68(46-44-56(76)2)62-33-15-8-16-34-62/h7-54H,1-6H3. The van der Waals surface area contributed by atoms with E-state index < -0.39 is 0 Å². The van der Waals surface area contributed by atoms with Crippen LogP contribution in [0.4, 0.5) is 34.1 Å². The van der Waals surface area contributed by atoms with Gasteiger partial charge in [-0.1, -0.05) is 255 Å². The predicted molar refractivity (Wildman–Crippen MR) is 376 cm³/mol. The van der Waals surface area contributed by atoms with Gasteiger partial charge in [-0.05, 0) is 222 Å². The van der Waals surface area contributed by atoms with Crippen molar-refractivity contribution in [1.82, 2.24) is 0 Å². The monoisotopic (exact) mass is 1130 g/mol. The summed E-state index contributed by atoms with van der Waals surface area (Å²) in [6.45, 7) is 13.5. The van der Waals surface area contributed by atoms with Gasteiger partial charge in [-0.2, -0.15) is 0 Å². The van der Waals surface area contributed by atoms with Gasteiger partial charge >= 0.3 is 0 Å². The van der Waals surface area contributed by atoms with Crippen molar-refractivity contribution >= 4 is 55.7 Å². The maximum absolute atomic E-state index is 2.53. The second-order valence-corrected chi connectivity index (χ2v) is 23.8. The molecule has 14 aromatic carbocycles. The molecule has 2 nitrogen and oxygen atoms in total. The highest BCUT2D eigenvalue weighted by atomic mass is 15.2. The number of para-hydroxylation sites is 2. The molecule has 0 spiro atoms. The molecule has 0 bridgehead atoms. The van der Waals surface area contributed by atoms with Crippen LogP contribution in [0, 0.1) is 41.5 Å². The van der Waals surface area contributed by atoms with Crippen LogP contribution in [0.2, 0.25) is 0 Å². The molecule has 0 amide bonds. The van der Waals surface area contributed by atoms with Crippen LogP contribution in [0.15, 0.2) is 291 Å². The summed E-state index contributed by atoms with van der Waals surface area (Å²) in [7, 11) is 0. The minimum absolute atomic E-state index is 1.10. The highest BCUT2D eigenvalue weighted by Crippen LogP contribution is 2.66. The van der Waals surface area contributed by atoms with Gasteiger partial charge in [0.2, 0.25) is 0 Å². The highest BCUT2D eigenvalue weighted by molar-refractivity contribution is 6.33. The molecule has 0 saturated carbocycles. The number of nitrogens with zero attached hydrogens (tertiary/aromatic N) is 2. The van der Waals surface area contributed by atoms with Crippen LogP contribution < -0.4 is 9.80 Å². The molecule has 15 rings (SSSR count). The third-order valence-corrected chi connectivity index (χ3v) is 18.3. The lowest BCUT2D eigenvalue weighted by atomic mass is 9.65. The maximum atomic E-state index is 2.53. The zero-order valence-corrected chi connectivity index (χ0v) is 50.6. The highest BCUT2D eigenvalue weighted by Gasteiger charge is 2.39. The summed E-state index contributed by atoms with van der Waals surface area (Å²) in [6.07, 6.45) is 0. The van der Waals surface area contributed by atoms with E-state index >= 15 is 0 Å². The molecule has 0 radical (unpaired) electrons. The van der Waals surface area contributed by atoms with Gasteiger partial charge in [-0.15, -0.1) is 0 Å². The molecule has 2 heteroatoms. The van der Waals surface area contributed by atoms with E-state index in [0.717, 1.165) is 22.7 Å². The number of benzene rings is 14. The zero-order chi connectivity index (χ0) is 59.6. The van der Waals surface area contributed by atoms with Crippen LogP contribution in [-0.4, -0.2) is 0 Å². The Labute approximate surface area is 517 Å². The SMILES string of the molecule is Cc1ccc(-c2ccccc2)cc1N(c1ccc2c(-c3ccccc3)c3c(c(-c4ccccc4)c2c1)-c1c-3c(-c2ccccc2)c2cc(N(c3cc(-c4ccccc4)ccc3C)c3c(C)cccc3C)ccc2c1-c1ccccc1)c1c(C)cccc1C. The van der Waals surface area contributed by atoms with Crippen LogP contribution in [0.5, 0.6) is 0 Å². The lowest BCUT2D eigenvalue weighted by Gasteiger charge is -2.38. The van der Waals surface area contributed by atoms with Gasteiger partial charge in [0.25, 0.3) is 0 Å². The molecule has 0 saturated heterocycles. The summed E-state index contributed by atoms with van der Waals surface area (Å²) in [5, 5.41) is 4.82. The van der Waals surface area contributed by atoms with Gasteiger partial charge in [0.1, 0.15) is 0 Å². The molecule has 0 atom stereocenters. The lowest BCUT2D eigenvalue weighted by Crippen LogP contribution is -2.15. The van der Waals surface area contributed by atoms with Crippen LogP contribution in [0.3, 0.4) is 0 Å². The molecule has 14 aromatic rings. The van der Waals surface area contributed by atoms with E-state index in [1.807, 2.05) is 0 Å². The van der Waals surface area contributed by atoms with Crippen molar-refractivity contribution in [2.75, 3.05) is 9.80 Å². The fourth-order valence-corrected chi connectivity index (χ4v) is 14.2. The molecule has 1 aliphatic rings. The minimum atomic E-state index is 1.10. The first-order chi connectivity index (χ1) is 43.2. The molecule has 0 fully saturated rings. The van der Waals surface area contributed by atoms with Gasteiger partial charge in [0.15, 0.2) is 0 Å². The van der Waals surface area contributed by atoms with Crippen molar-refractivity contribution in [1.29, 1.82) is 0 Å². The number of hydrogen-bond donors (Lipinski definition) is 0. The van der Waals surface area contributed by atoms with Gasteiger partial charge in [0, 0.05) is 22.7 Å². The third kappa shape index (κ3) is 9.11. The molecule has 0 unspecified atom stereocenters. The first-order valence-corrected chi connectivity index (χ1v) is 30.7. The van der Waals surface area contributed by atoms with Crippen molar-refractivity contribution in [2.24, 2.45) is 0 Å². The Kier molecular flexibility index (Phi) is 13.6. The second kappa shape index (κ2) is 22.2. The average molecular weight is 1130 g/mol. The molecule has 88 heavy (non-hydrogen) atoms. The largest absolute Gasteiger partial charge is 0.310 e. The molecule has 0 heterocycles. The normalized spacial score (nSPS) is 11.5. The van der Waals surface area contributed by atoms with Crippen molar-refractivity contribution in [3.05, 3.63) is 325 Å². The molecule has 420 valence electrons. The molecule has 0 aliphatic heterocycles. The van der Waals surface area contributed by atoms with Gasteiger partial charge < -0.3 is 9.80 Å². The number of anilines is 6. The predicted octanol–water partition coefficient (Wildman–Crippen LogP) is 24.4. The summed E-state index contributed by atoms with van der Waals surface area (Å²) in [4.78, 5) is 5.07. The minimum Gasteiger partial charge on any atom is -0.310 e. The number of rotatable bonds is 12. The number of hydrogen-bond acceptors (Lipinski definition) is 2.